The zero-order chi connectivity index (χ0) is 18.2. The molecule has 0 spiro atoms. The van der Waals surface area contributed by atoms with Gasteiger partial charge in [0.1, 0.15) is 16.8 Å². The van der Waals surface area contributed by atoms with Crippen LogP contribution in [0.15, 0.2) is 41.6 Å². The summed E-state index contributed by atoms with van der Waals surface area (Å²) in [5.74, 6) is 0.515. The van der Waals surface area contributed by atoms with Crippen LogP contribution in [0.1, 0.15) is 5.56 Å². The maximum absolute atomic E-state index is 12.6. The number of aryl methyl sites for hydroxylation is 1. The molecule has 0 fully saturated rings. The topological polar surface area (TPSA) is 127 Å². The summed E-state index contributed by atoms with van der Waals surface area (Å²) in [5.41, 5.74) is 1.27. The van der Waals surface area contributed by atoms with Crippen LogP contribution in [0.3, 0.4) is 0 Å². The van der Waals surface area contributed by atoms with Crippen molar-refractivity contribution >= 4 is 32.4 Å². The number of rotatable bonds is 5. The van der Waals surface area contributed by atoms with E-state index in [9.17, 15) is 18.5 Å². The molecule has 0 atom stereocenters. The Morgan fingerprint density at radius 2 is 2.04 bits per heavy atom. The van der Waals surface area contributed by atoms with Gasteiger partial charge in [0.05, 0.1) is 28.9 Å². The minimum Gasteiger partial charge on any atom is -0.494 e. The number of nitro groups is 1. The number of H-pyrrole nitrogens is 1. The Hall–Kier alpha value is -3.14. The van der Waals surface area contributed by atoms with Crippen molar-refractivity contribution in [2.45, 2.75) is 11.8 Å². The van der Waals surface area contributed by atoms with E-state index < -0.39 is 14.9 Å². The van der Waals surface area contributed by atoms with Crippen molar-refractivity contribution in [1.29, 1.82) is 0 Å². The molecule has 0 aliphatic heterocycles. The van der Waals surface area contributed by atoms with Gasteiger partial charge >= 0.3 is 0 Å². The lowest BCUT2D eigenvalue weighted by Crippen LogP contribution is -2.13. The summed E-state index contributed by atoms with van der Waals surface area (Å²) in [7, 11) is -2.53. The molecule has 10 heteroatoms. The highest BCUT2D eigenvalue weighted by atomic mass is 32.2. The molecule has 130 valence electrons. The second-order valence-electron chi connectivity index (χ2n) is 5.25. The first kappa shape index (κ1) is 16.7. The Kier molecular flexibility index (Phi) is 4.05. The van der Waals surface area contributed by atoms with Gasteiger partial charge in [-0.3, -0.25) is 14.8 Å². The number of anilines is 1. The lowest BCUT2D eigenvalue weighted by Gasteiger charge is -2.10. The van der Waals surface area contributed by atoms with Gasteiger partial charge in [0.25, 0.3) is 15.7 Å². The molecule has 3 aromatic rings. The number of aromatic amines is 1. The molecule has 0 saturated heterocycles. The number of nitrogens with one attached hydrogen (secondary N) is 2. The van der Waals surface area contributed by atoms with Gasteiger partial charge in [-0.2, -0.15) is 0 Å². The predicted molar refractivity (Wildman–Crippen MR) is 91.3 cm³/mol. The van der Waals surface area contributed by atoms with Crippen molar-refractivity contribution in [2.75, 3.05) is 11.8 Å². The Balaban J connectivity index is 2.05. The van der Waals surface area contributed by atoms with Crippen molar-refractivity contribution in [3.05, 3.63) is 52.3 Å². The number of sulfonamides is 1. The fourth-order valence-corrected chi connectivity index (χ4v) is 3.50. The second-order valence-corrected chi connectivity index (χ2v) is 6.93. The van der Waals surface area contributed by atoms with Crippen LogP contribution in [0.2, 0.25) is 0 Å². The molecule has 2 N–H and O–H groups in total. The largest absolute Gasteiger partial charge is 0.494 e. The lowest BCUT2D eigenvalue weighted by atomic mass is 10.2. The summed E-state index contributed by atoms with van der Waals surface area (Å²) in [6, 6.07) is 6.85. The second kappa shape index (κ2) is 6.06. The fraction of sp³-hybridized carbons (Fsp3) is 0.133. The van der Waals surface area contributed by atoms with Crippen LogP contribution >= 0.6 is 0 Å². The molecule has 0 amide bonds. The maximum Gasteiger partial charge on any atom is 0.273 e. The molecule has 3 rings (SSSR count). The maximum atomic E-state index is 12.6. The first-order chi connectivity index (χ1) is 11.8. The van der Waals surface area contributed by atoms with Crippen molar-refractivity contribution in [3.63, 3.8) is 0 Å². The molecule has 2 aromatic carbocycles. The summed E-state index contributed by atoms with van der Waals surface area (Å²) in [6.45, 7) is 1.54. The van der Waals surface area contributed by atoms with E-state index in [2.05, 4.69) is 14.7 Å². The molecule has 0 saturated carbocycles. The molecule has 0 unspecified atom stereocenters. The van der Waals surface area contributed by atoms with E-state index in [1.54, 1.807) is 13.0 Å². The minimum absolute atomic E-state index is 0.204. The molecule has 1 aromatic heterocycles. The minimum atomic E-state index is -4.02. The number of aromatic nitrogens is 2. The van der Waals surface area contributed by atoms with Crippen molar-refractivity contribution in [3.8, 4) is 5.75 Å². The smallest absolute Gasteiger partial charge is 0.273 e. The summed E-state index contributed by atoms with van der Waals surface area (Å²) < 4.78 is 32.8. The summed E-state index contributed by atoms with van der Waals surface area (Å²) >= 11 is 0. The van der Waals surface area contributed by atoms with Crippen molar-refractivity contribution < 1.29 is 18.1 Å². The van der Waals surface area contributed by atoms with Crippen molar-refractivity contribution in [2.24, 2.45) is 0 Å². The highest BCUT2D eigenvalue weighted by Crippen LogP contribution is 2.31. The van der Waals surface area contributed by atoms with Crippen LogP contribution in [0, 0.1) is 17.0 Å². The highest BCUT2D eigenvalue weighted by Gasteiger charge is 2.21. The molecule has 0 radical (unpaired) electrons. The van der Waals surface area contributed by atoms with Gasteiger partial charge in [-0.05, 0) is 25.1 Å². The Morgan fingerprint density at radius 1 is 1.28 bits per heavy atom. The first-order valence-electron chi connectivity index (χ1n) is 7.11. The average Bonchev–Trinajstić information content (AvgIpc) is 3.05. The van der Waals surface area contributed by atoms with E-state index in [-0.39, 0.29) is 16.3 Å². The third-order valence-electron chi connectivity index (χ3n) is 3.69. The van der Waals surface area contributed by atoms with Crippen LogP contribution in [-0.2, 0) is 10.0 Å². The van der Waals surface area contributed by atoms with Crippen LogP contribution in [0.25, 0.3) is 11.0 Å². The lowest BCUT2D eigenvalue weighted by molar-refractivity contribution is -0.385. The van der Waals surface area contributed by atoms with E-state index in [1.807, 2.05) is 0 Å². The van der Waals surface area contributed by atoms with E-state index in [0.29, 0.717) is 22.3 Å². The zero-order valence-electron chi connectivity index (χ0n) is 13.3. The number of hydrogen-bond donors (Lipinski definition) is 2. The third-order valence-corrected chi connectivity index (χ3v) is 5.06. The predicted octanol–water partition coefficient (Wildman–Crippen LogP) is 2.59. The monoisotopic (exact) mass is 362 g/mol. The van der Waals surface area contributed by atoms with Gasteiger partial charge in [0.2, 0.25) is 0 Å². The Morgan fingerprint density at radius 3 is 2.72 bits per heavy atom. The van der Waals surface area contributed by atoms with Crippen LogP contribution in [-0.4, -0.2) is 30.4 Å². The standard InChI is InChI=1S/C15H14N4O5S/c1-9-3-4-10(7-12(9)19(20)21)25(22,23)18-11-5-6-13(24-2)15-14(11)16-8-17-15/h3-8,18H,1-2H3,(H,16,17). The number of fused-ring (bicyclic) bond motifs is 1. The number of hydrogen-bond acceptors (Lipinski definition) is 6. The van der Waals surface area contributed by atoms with Gasteiger partial charge in [0, 0.05) is 11.6 Å². The molecule has 0 aliphatic carbocycles. The molecular weight excluding hydrogens is 348 g/mol. The summed E-state index contributed by atoms with van der Waals surface area (Å²) in [4.78, 5) is 17.2. The first-order valence-corrected chi connectivity index (χ1v) is 8.60. The van der Waals surface area contributed by atoms with E-state index >= 15 is 0 Å². The molecule has 0 aliphatic rings. The normalized spacial score (nSPS) is 11.4. The highest BCUT2D eigenvalue weighted by molar-refractivity contribution is 7.92. The van der Waals surface area contributed by atoms with E-state index in [4.69, 9.17) is 4.74 Å². The van der Waals surface area contributed by atoms with Crippen LogP contribution in [0.5, 0.6) is 5.75 Å². The SMILES string of the molecule is COc1ccc(NS(=O)(=O)c2ccc(C)c([N+](=O)[O-])c2)c2nc[nH]c12. The van der Waals surface area contributed by atoms with Crippen LogP contribution < -0.4 is 9.46 Å². The van der Waals surface area contributed by atoms with Gasteiger partial charge in [-0.25, -0.2) is 13.4 Å². The number of methoxy groups -OCH3 is 1. The number of imidazole rings is 1. The molecule has 25 heavy (non-hydrogen) atoms. The van der Waals surface area contributed by atoms with Crippen molar-refractivity contribution in [1.82, 2.24) is 9.97 Å². The van der Waals surface area contributed by atoms with Gasteiger partial charge < -0.3 is 9.72 Å². The average molecular weight is 362 g/mol. The van der Waals surface area contributed by atoms with Gasteiger partial charge in [-0.1, -0.05) is 6.07 Å². The van der Waals surface area contributed by atoms with Gasteiger partial charge in [0.15, 0.2) is 0 Å². The van der Waals surface area contributed by atoms with E-state index in [0.717, 1.165) is 6.07 Å². The molecule has 9 nitrogen and oxygen atoms in total. The van der Waals surface area contributed by atoms with Crippen LogP contribution in [0.4, 0.5) is 11.4 Å². The third kappa shape index (κ3) is 2.98. The number of ether oxygens (including phenoxy) is 1. The fourth-order valence-electron chi connectivity index (χ4n) is 2.42. The zero-order valence-corrected chi connectivity index (χ0v) is 14.1. The van der Waals surface area contributed by atoms with Gasteiger partial charge in [-0.15, -0.1) is 0 Å². The number of nitrogens with zero attached hydrogens (tertiary/aromatic N) is 2. The Labute approximate surface area is 142 Å². The van der Waals surface area contributed by atoms with E-state index in [1.165, 1.54) is 31.6 Å². The quantitative estimate of drug-likeness (QED) is 0.530. The molecule has 0 bridgehead atoms. The summed E-state index contributed by atoms with van der Waals surface area (Å²) in [6.07, 6.45) is 1.42. The molecular formula is C15H14N4O5S. The number of nitro benzene ring substituents is 1. The number of benzene rings is 2. The summed E-state index contributed by atoms with van der Waals surface area (Å²) in [5, 5.41) is 11.0. The Bertz CT molecular complexity index is 1070. The molecule has 1 heterocycles.